The Morgan fingerprint density at radius 3 is 2.67 bits per heavy atom. The molecule has 1 atom stereocenters. The third-order valence-electron chi connectivity index (χ3n) is 6.61. The number of aromatic nitrogens is 3. The SMILES string of the molecule is CC#CC(=O)N1CCCC1c1cc(-c2ccc(C(=O)Nc3cc(C(F)(F)F)ccn3)cc2F)cc2cncnc12. The molecule has 1 aliphatic heterocycles. The highest BCUT2D eigenvalue weighted by atomic mass is 19.4. The Balaban J connectivity index is 1.48. The van der Waals surface area contributed by atoms with Gasteiger partial charge in [0.2, 0.25) is 0 Å². The molecule has 4 aromatic rings. The van der Waals surface area contributed by atoms with E-state index < -0.39 is 23.5 Å². The number of benzene rings is 2. The van der Waals surface area contributed by atoms with Gasteiger partial charge in [-0.3, -0.25) is 9.59 Å². The van der Waals surface area contributed by atoms with E-state index in [1.165, 1.54) is 18.5 Å². The molecule has 2 aromatic carbocycles. The second-order valence-corrected chi connectivity index (χ2v) is 9.13. The summed E-state index contributed by atoms with van der Waals surface area (Å²) in [5.41, 5.74) is 0.968. The number of anilines is 1. The van der Waals surface area contributed by atoms with E-state index in [0.29, 0.717) is 35.5 Å². The van der Waals surface area contributed by atoms with Crippen LogP contribution in [0.3, 0.4) is 0 Å². The lowest BCUT2D eigenvalue weighted by Gasteiger charge is -2.24. The summed E-state index contributed by atoms with van der Waals surface area (Å²) in [5, 5.41) is 2.92. The predicted molar refractivity (Wildman–Crippen MR) is 139 cm³/mol. The molecule has 0 saturated carbocycles. The van der Waals surface area contributed by atoms with Gasteiger partial charge in [-0.05, 0) is 67.6 Å². The molecule has 1 unspecified atom stereocenters. The summed E-state index contributed by atoms with van der Waals surface area (Å²) < 4.78 is 54.4. The first-order valence-electron chi connectivity index (χ1n) is 12.3. The second kappa shape index (κ2) is 10.7. The van der Waals surface area contributed by atoms with Crippen molar-refractivity contribution >= 4 is 28.5 Å². The fourth-order valence-corrected chi connectivity index (χ4v) is 4.81. The maximum atomic E-state index is 15.4. The van der Waals surface area contributed by atoms with Gasteiger partial charge in [-0.25, -0.2) is 19.3 Å². The molecule has 0 bridgehead atoms. The number of rotatable bonds is 4. The zero-order valence-electron chi connectivity index (χ0n) is 21.1. The minimum Gasteiger partial charge on any atom is -0.325 e. The topological polar surface area (TPSA) is 88.1 Å². The molecule has 1 N–H and O–H groups in total. The van der Waals surface area contributed by atoms with Crippen molar-refractivity contribution in [1.82, 2.24) is 19.9 Å². The van der Waals surface area contributed by atoms with Gasteiger partial charge in [-0.2, -0.15) is 13.2 Å². The predicted octanol–water partition coefficient (Wildman–Crippen LogP) is 5.79. The minimum atomic E-state index is -4.61. The van der Waals surface area contributed by atoms with E-state index in [9.17, 15) is 22.8 Å². The van der Waals surface area contributed by atoms with Crippen LogP contribution >= 0.6 is 0 Å². The monoisotopic (exact) mass is 547 g/mol. The van der Waals surface area contributed by atoms with Gasteiger partial charge in [0.25, 0.3) is 11.8 Å². The molecular formula is C29H21F4N5O2. The zero-order valence-corrected chi connectivity index (χ0v) is 21.1. The maximum Gasteiger partial charge on any atom is 0.416 e. The van der Waals surface area contributed by atoms with Gasteiger partial charge in [0.1, 0.15) is 18.0 Å². The summed E-state index contributed by atoms with van der Waals surface area (Å²) in [5.74, 6) is 3.07. The molecule has 3 heterocycles. The molecule has 2 aromatic heterocycles. The van der Waals surface area contributed by atoms with Crippen molar-refractivity contribution in [3.63, 3.8) is 0 Å². The van der Waals surface area contributed by atoms with E-state index in [0.717, 1.165) is 30.3 Å². The summed E-state index contributed by atoms with van der Waals surface area (Å²) in [6.45, 7) is 2.13. The van der Waals surface area contributed by atoms with Crippen LogP contribution in [0.4, 0.5) is 23.4 Å². The fourth-order valence-electron chi connectivity index (χ4n) is 4.81. The van der Waals surface area contributed by atoms with Crippen LogP contribution in [0.2, 0.25) is 0 Å². The summed E-state index contributed by atoms with van der Waals surface area (Å²) in [6, 6.07) is 8.46. The van der Waals surface area contributed by atoms with E-state index in [1.54, 1.807) is 30.2 Å². The highest BCUT2D eigenvalue weighted by Gasteiger charge is 2.32. The van der Waals surface area contributed by atoms with Crippen LogP contribution in [0, 0.1) is 17.7 Å². The standard InChI is InChI=1S/C29H21F4N5O2/c1-2-4-26(39)38-10-3-5-24(38)22-12-18(11-19-15-34-16-36-27(19)22)21-7-6-17(13-23(21)30)28(40)37-25-14-20(8-9-35-25)29(31,32)33/h6-9,11-16,24H,3,5,10H2,1H3,(H,35,37,40). The first kappa shape index (κ1) is 26.7. The highest BCUT2D eigenvalue weighted by molar-refractivity contribution is 6.04. The van der Waals surface area contributed by atoms with Crippen LogP contribution in [0.25, 0.3) is 22.0 Å². The Morgan fingerprint density at radius 1 is 1.10 bits per heavy atom. The molecule has 5 rings (SSSR count). The molecule has 0 aliphatic carbocycles. The number of nitrogens with zero attached hydrogens (tertiary/aromatic N) is 4. The van der Waals surface area contributed by atoms with Crippen molar-refractivity contribution in [2.24, 2.45) is 0 Å². The number of halogens is 4. The van der Waals surface area contributed by atoms with Gasteiger partial charge >= 0.3 is 6.18 Å². The van der Waals surface area contributed by atoms with Crippen molar-refractivity contribution in [2.75, 3.05) is 11.9 Å². The Hall–Kier alpha value is -4.85. The Kier molecular flexibility index (Phi) is 7.17. The number of hydrogen-bond donors (Lipinski definition) is 1. The highest BCUT2D eigenvalue weighted by Crippen LogP contribution is 2.38. The second-order valence-electron chi connectivity index (χ2n) is 9.13. The molecule has 0 radical (unpaired) electrons. The Morgan fingerprint density at radius 2 is 1.93 bits per heavy atom. The van der Waals surface area contributed by atoms with Gasteiger partial charge in [0, 0.05) is 41.0 Å². The van der Waals surface area contributed by atoms with Crippen molar-refractivity contribution < 1.29 is 27.2 Å². The van der Waals surface area contributed by atoms with Crippen LogP contribution in [0.15, 0.2) is 61.2 Å². The van der Waals surface area contributed by atoms with Crippen LogP contribution in [-0.4, -0.2) is 38.2 Å². The van der Waals surface area contributed by atoms with Crippen molar-refractivity contribution in [3.05, 3.63) is 83.7 Å². The lowest BCUT2D eigenvalue weighted by molar-refractivity contribution is -0.137. The molecule has 202 valence electrons. The molecule has 0 spiro atoms. The summed E-state index contributed by atoms with van der Waals surface area (Å²) in [4.78, 5) is 39.2. The van der Waals surface area contributed by atoms with Gasteiger partial charge in [0.15, 0.2) is 0 Å². The minimum absolute atomic E-state index is 0.101. The average molecular weight is 548 g/mol. The van der Waals surface area contributed by atoms with Crippen molar-refractivity contribution in [3.8, 4) is 23.0 Å². The number of carbonyl (C=O) groups excluding carboxylic acids is 2. The van der Waals surface area contributed by atoms with Crippen molar-refractivity contribution in [1.29, 1.82) is 0 Å². The number of carbonyl (C=O) groups is 2. The normalized spacial score (nSPS) is 15.0. The van der Waals surface area contributed by atoms with E-state index in [1.807, 2.05) is 0 Å². The lowest BCUT2D eigenvalue weighted by Crippen LogP contribution is -2.29. The Bertz CT molecular complexity index is 1690. The van der Waals surface area contributed by atoms with Crippen LogP contribution in [0.1, 0.15) is 47.3 Å². The van der Waals surface area contributed by atoms with Gasteiger partial charge in [0.05, 0.1) is 17.1 Å². The largest absolute Gasteiger partial charge is 0.416 e. The number of amides is 2. The quantitative estimate of drug-likeness (QED) is 0.258. The molecule has 7 nitrogen and oxygen atoms in total. The number of alkyl halides is 3. The number of hydrogen-bond acceptors (Lipinski definition) is 5. The molecule has 11 heteroatoms. The van der Waals surface area contributed by atoms with E-state index in [-0.39, 0.29) is 28.9 Å². The van der Waals surface area contributed by atoms with Gasteiger partial charge < -0.3 is 10.2 Å². The summed E-state index contributed by atoms with van der Waals surface area (Å²) in [7, 11) is 0. The maximum absolute atomic E-state index is 15.4. The molecule has 1 fully saturated rings. The summed E-state index contributed by atoms with van der Waals surface area (Å²) >= 11 is 0. The smallest absolute Gasteiger partial charge is 0.325 e. The van der Waals surface area contributed by atoms with E-state index in [4.69, 9.17) is 0 Å². The van der Waals surface area contributed by atoms with Crippen molar-refractivity contribution in [2.45, 2.75) is 32.0 Å². The third-order valence-corrected chi connectivity index (χ3v) is 6.61. The average Bonchev–Trinajstić information content (AvgIpc) is 3.42. The van der Waals surface area contributed by atoms with E-state index in [2.05, 4.69) is 32.1 Å². The number of likely N-dealkylation sites (tertiary alicyclic amines) is 1. The lowest BCUT2D eigenvalue weighted by atomic mass is 9.94. The van der Waals surface area contributed by atoms with E-state index >= 15 is 4.39 Å². The number of pyridine rings is 1. The number of nitrogens with one attached hydrogen (secondary N) is 1. The fraction of sp³-hybridized carbons (Fsp3) is 0.207. The molecule has 1 aliphatic rings. The van der Waals surface area contributed by atoms with Crippen LogP contribution in [0.5, 0.6) is 0 Å². The number of fused-ring (bicyclic) bond motifs is 1. The molecular weight excluding hydrogens is 526 g/mol. The third kappa shape index (κ3) is 5.33. The molecule has 1 saturated heterocycles. The molecule has 2 amide bonds. The summed E-state index contributed by atoms with van der Waals surface area (Å²) in [6.07, 6.45) is 0.793. The zero-order chi connectivity index (χ0) is 28.4. The van der Waals surface area contributed by atoms with Gasteiger partial charge in [-0.15, -0.1) is 0 Å². The van der Waals surface area contributed by atoms with Crippen LogP contribution < -0.4 is 5.32 Å². The van der Waals surface area contributed by atoms with Gasteiger partial charge in [-0.1, -0.05) is 12.0 Å². The first-order valence-corrected chi connectivity index (χ1v) is 12.3. The molecule has 40 heavy (non-hydrogen) atoms. The first-order chi connectivity index (χ1) is 19.2. The Labute approximate surface area is 226 Å². The van der Waals surface area contributed by atoms with Crippen LogP contribution in [-0.2, 0) is 11.0 Å².